The minimum absolute atomic E-state index is 0.619. The molecule has 0 atom stereocenters. The number of nitriles is 1. The van der Waals surface area contributed by atoms with Gasteiger partial charge in [0.2, 0.25) is 0 Å². The number of halogens is 1. The van der Waals surface area contributed by atoms with Gasteiger partial charge in [-0.25, -0.2) is 0 Å². The van der Waals surface area contributed by atoms with Crippen LogP contribution < -0.4 is 0 Å². The maximum atomic E-state index is 12.9. The van der Waals surface area contributed by atoms with Gasteiger partial charge in [0.25, 0.3) is 0 Å². The van der Waals surface area contributed by atoms with E-state index in [9.17, 15) is 4.39 Å². The molecule has 0 spiro atoms. The van der Waals surface area contributed by atoms with Crippen LogP contribution in [0.2, 0.25) is 0 Å². The summed E-state index contributed by atoms with van der Waals surface area (Å²) >= 11 is 0. The van der Waals surface area contributed by atoms with E-state index in [0.29, 0.717) is 0 Å². The highest BCUT2D eigenvalue weighted by molar-refractivity contribution is 5.25. The molecule has 0 radical (unpaired) electrons. The first-order chi connectivity index (χ1) is 14.2. The van der Waals surface area contributed by atoms with E-state index < -0.39 is 5.83 Å². The van der Waals surface area contributed by atoms with Gasteiger partial charge in [0.1, 0.15) is 6.07 Å². The molecule has 1 aromatic rings. The molecular weight excluding hydrogens is 357 g/mol. The van der Waals surface area contributed by atoms with Crippen LogP contribution in [0.1, 0.15) is 101 Å². The fraction of sp³-hybridized carbons (Fsp3) is 0.667. The van der Waals surface area contributed by atoms with E-state index in [-0.39, 0.29) is 0 Å². The Morgan fingerprint density at radius 2 is 1.41 bits per heavy atom. The van der Waals surface area contributed by atoms with Crippen molar-refractivity contribution in [1.29, 1.82) is 5.26 Å². The highest BCUT2D eigenvalue weighted by Crippen LogP contribution is 2.40. The first kappa shape index (κ1) is 22.1. The largest absolute Gasteiger partial charge is 0.196 e. The Morgan fingerprint density at radius 1 is 0.897 bits per heavy atom. The average molecular weight is 396 g/mol. The van der Waals surface area contributed by atoms with E-state index in [0.717, 1.165) is 42.9 Å². The van der Waals surface area contributed by atoms with E-state index >= 15 is 0 Å². The number of nitrogens with zero attached hydrogens (tertiary/aromatic N) is 1. The second-order valence-electron chi connectivity index (χ2n) is 9.52. The summed E-state index contributed by atoms with van der Waals surface area (Å²) in [7, 11) is 0. The summed E-state index contributed by atoms with van der Waals surface area (Å²) in [5, 5.41) is 8.47. The fourth-order valence-electron chi connectivity index (χ4n) is 5.58. The van der Waals surface area contributed by atoms with Crippen molar-refractivity contribution < 1.29 is 4.39 Å². The van der Waals surface area contributed by atoms with Gasteiger partial charge in [-0.2, -0.15) is 9.65 Å². The summed E-state index contributed by atoms with van der Waals surface area (Å²) in [4.78, 5) is 0. The Bertz CT molecular complexity index is 667. The lowest BCUT2D eigenvalue weighted by Gasteiger charge is -2.32. The quantitative estimate of drug-likeness (QED) is 0.406. The molecule has 2 saturated carbocycles. The topological polar surface area (TPSA) is 23.8 Å². The molecule has 0 unspecified atom stereocenters. The van der Waals surface area contributed by atoms with Gasteiger partial charge in [-0.3, -0.25) is 0 Å². The molecule has 2 heteroatoms. The van der Waals surface area contributed by atoms with E-state index in [4.69, 9.17) is 5.26 Å². The highest BCUT2D eigenvalue weighted by atomic mass is 19.1. The van der Waals surface area contributed by atoms with Crippen molar-refractivity contribution in [3.05, 3.63) is 47.3 Å². The predicted molar refractivity (Wildman–Crippen MR) is 119 cm³/mol. The number of hydrogen-bond donors (Lipinski definition) is 0. The van der Waals surface area contributed by atoms with Crippen LogP contribution in [-0.4, -0.2) is 0 Å². The molecular formula is C27H38FN. The summed E-state index contributed by atoms with van der Waals surface area (Å²) in [5.74, 6) is 2.76. The molecule has 0 saturated heterocycles. The molecule has 2 fully saturated rings. The van der Waals surface area contributed by atoms with Gasteiger partial charge in [0.15, 0.2) is 5.83 Å². The third kappa shape index (κ3) is 6.98. The van der Waals surface area contributed by atoms with Crippen LogP contribution in [0, 0.1) is 29.1 Å². The van der Waals surface area contributed by atoms with E-state index in [1.165, 1.54) is 75.8 Å². The maximum Gasteiger partial charge on any atom is 0.196 e. The van der Waals surface area contributed by atoms with Crippen LogP contribution >= 0.6 is 0 Å². The van der Waals surface area contributed by atoms with Gasteiger partial charge < -0.3 is 0 Å². The third-order valence-corrected chi connectivity index (χ3v) is 7.66. The number of rotatable bonds is 8. The Kier molecular flexibility index (Phi) is 8.78. The molecule has 0 aliphatic heterocycles. The van der Waals surface area contributed by atoms with Crippen LogP contribution in [-0.2, 0) is 6.42 Å². The Hall–Kier alpha value is -1.62. The van der Waals surface area contributed by atoms with Gasteiger partial charge in [-0.1, -0.05) is 69.7 Å². The molecule has 2 aliphatic carbocycles. The monoisotopic (exact) mass is 395 g/mol. The molecule has 1 nitrogen and oxygen atoms in total. The van der Waals surface area contributed by atoms with E-state index in [1.807, 2.05) is 0 Å². The molecule has 0 amide bonds. The molecule has 0 N–H and O–H groups in total. The number of hydrogen-bond acceptors (Lipinski definition) is 1. The van der Waals surface area contributed by atoms with Gasteiger partial charge in [-0.05, 0) is 85.8 Å². The van der Waals surface area contributed by atoms with Crippen molar-refractivity contribution in [1.82, 2.24) is 0 Å². The molecule has 3 rings (SSSR count). The highest BCUT2D eigenvalue weighted by Gasteiger charge is 2.25. The summed E-state index contributed by atoms with van der Waals surface area (Å²) in [6.45, 7) is 2.22. The summed E-state index contributed by atoms with van der Waals surface area (Å²) in [6, 6.07) is 10.9. The van der Waals surface area contributed by atoms with Crippen molar-refractivity contribution in [2.45, 2.75) is 96.3 Å². The van der Waals surface area contributed by atoms with Crippen molar-refractivity contribution >= 4 is 0 Å². The minimum atomic E-state index is -0.619. The minimum Gasteiger partial charge on any atom is -0.195 e. The smallest absolute Gasteiger partial charge is 0.195 e. The van der Waals surface area contributed by atoms with Crippen molar-refractivity contribution in [3.8, 4) is 6.07 Å². The summed E-state index contributed by atoms with van der Waals surface area (Å²) in [6.07, 6.45) is 18.1. The molecule has 2 aliphatic rings. The second-order valence-corrected chi connectivity index (χ2v) is 9.52. The maximum absolute atomic E-state index is 12.9. The van der Waals surface area contributed by atoms with Gasteiger partial charge in [0.05, 0.1) is 0 Å². The zero-order chi connectivity index (χ0) is 20.5. The molecule has 158 valence electrons. The second kappa shape index (κ2) is 11.5. The standard InChI is InChI=1S/C27H38FN/c1-2-21-12-16-25(17-13-21)26-18-14-24(15-19-26)11-10-23-8-6-22(7-9-23)4-3-5-27(28)20-29/h5,12-13,16-17,22-24,26H,2-4,6-11,14-15,18-19H2,1H3/b27-5-/t22-,23-,24-,26-. The SMILES string of the molecule is CCc1ccc([C@H]2CC[C@H](CC[C@H]3CC[C@H](CC/C=C(\F)C#N)CC3)CC2)cc1. The lowest BCUT2D eigenvalue weighted by atomic mass is 9.74. The number of benzene rings is 1. The van der Waals surface area contributed by atoms with E-state index in [2.05, 4.69) is 31.2 Å². The molecule has 29 heavy (non-hydrogen) atoms. The summed E-state index contributed by atoms with van der Waals surface area (Å²) in [5.41, 5.74) is 3.01. The molecule has 0 heterocycles. The Balaban J connectivity index is 1.30. The molecule has 0 bridgehead atoms. The zero-order valence-electron chi connectivity index (χ0n) is 18.2. The Morgan fingerprint density at radius 3 is 1.93 bits per heavy atom. The number of allylic oxidation sites excluding steroid dienone is 2. The van der Waals surface area contributed by atoms with Gasteiger partial charge >= 0.3 is 0 Å². The normalized spacial score (nSPS) is 28.1. The van der Waals surface area contributed by atoms with Crippen LogP contribution in [0.15, 0.2) is 36.2 Å². The molecule has 1 aromatic carbocycles. The van der Waals surface area contributed by atoms with Crippen LogP contribution in [0.3, 0.4) is 0 Å². The first-order valence-electron chi connectivity index (χ1n) is 12.0. The van der Waals surface area contributed by atoms with Crippen molar-refractivity contribution in [3.63, 3.8) is 0 Å². The average Bonchev–Trinajstić information content (AvgIpc) is 2.79. The van der Waals surface area contributed by atoms with Crippen molar-refractivity contribution in [2.75, 3.05) is 0 Å². The summed E-state index contributed by atoms with van der Waals surface area (Å²) < 4.78 is 12.9. The first-order valence-corrected chi connectivity index (χ1v) is 12.0. The third-order valence-electron chi connectivity index (χ3n) is 7.66. The lowest BCUT2D eigenvalue weighted by Crippen LogP contribution is -2.17. The predicted octanol–water partition coefficient (Wildman–Crippen LogP) is 8.27. The number of aryl methyl sites for hydroxylation is 1. The molecule has 0 aromatic heterocycles. The lowest BCUT2D eigenvalue weighted by molar-refractivity contribution is 0.225. The van der Waals surface area contributed by atoms with Gasteiger partial charge in [-0.15, -0.1) is 0 Å². The van der Waals surface area contributed by atoms with Crippen LogP contribution in [0.4, 0.5) is 4.39 Å². The fourth-order valence-corrected chi connectivity index (χ4v) is 5.58. The van der Waals surface area contributed by atoms with Crippen LogP contribution in [0.25, 0.3) is 0 Å². The Labute approximate surface area is 177 Å². The van der Waals surface area contributed by atoms with Gasteiger partial charge in [0, 0.05) is 0 Å². The van der Waals surface area contributed by atoms with Crippen LogP contribution in [0.5, 0.6) is 0 Å². The van der Waals surface area contributed by atoms with Crippen molar-refractivity contribution in [2.24, 2.45) is 17.8 Å². The zero-order valence-corrected chi connectivity index (χ0v) is 18.2. The van der Waals surface area contributed by atoms with E-state index in [1.54, 1.807) is 11.6 Å².